The Hall–Kier alpha value is -2.08. The van der Waals surface area contributed by atoms with Crippen LogP contribution in [0, 0.1) is 5.92 Å². The molecule has 1 fully saturated rings. The molecule has 0 aromatic heterocycles. The van der Waals surface area contributed by atoms with Crippen molar-refractivity contribution in [3.63, 3.8) is 0 Å². The van der Waals surface area contributed by atoms with E-state index in [4.69, 9.17) is 9.57 Å². The molecule has 2 rings (SSSR count). The number of carbonyl (C=O) groups excluding carboxylic acids is 2. The summed E-state index contributed by atoms with van der Waals surface area (Å²) in [6.07, 6.45) is 2.11. The summed E-state index contributed by atoms with van der Waals surface area (Å²) in [5.74, 6) is 0.0416. The highest BCUT2D eigenvalue weighted by molar-refractivity contribution is 5.90. The van der Waals surface area contributed by atoms with Crippen LogP contribution >= 0.6 is 0 Å². The van der Waals surface area contributed by atoms with E-state index in [2.05, 4.69) is 12.4 Å². The van der Waals surface area contributed by atoms with Crippen LogP contribution in [0.15, 0.2) is 24.3 Å². The third kappa shape index (κ3) is 3.82. The molecule has 2 unspecified atom stereocenters. The van der Waals surface area contributed by atoms with Crippen molar-refractivity contribution in [1.82, 2.24) is 10.4 Å². The lowest BCUT2D eigenvalue weighted by Gasteiger charge is -2.28. The predicted molar refractivity (Wildman–Crippen MR) is 85.6 cm³/mol. The first-order valence-electron chi connectivity index (χ1n) is 7.88. The van der Waals surface area contributed by atoms with Gasteiger partial charge in [0.05, 0.1) is 26.2 Å². The van der Waals surface area contributed by atoms with Gasteiger partial charge in [-0.15, -0.1) is 0 Å². The second-order valence-corrected chi connectivity index (χ2v) is 5.64. The zero-order valence-electron chi connectivity index (χ0n) is 13.9. The van der Waals surface area contributed by atoms with E-state index in [9.17, 15) is 9.59 Å². The minimum atomic E-state index is -0.451. The van der Waals surface area contributed by atoms with Crippen molar-refractivity contribution < 1.29 is 19.2 Å². The van der Waals surface area contributed by atoms with Crippen LogP contribution in [-0.2, 0) is 14.4 Å². The number of hydrogen-bond acceptors (Lipinski definition) is 4. The van der Waals surface area contributed by atoms with Crippen LogP contribution in [-0.4, -0.2) is 37.5 Å². The van der Waals surface area contributed by atoms with Gasteiger partial charge in [-0.3, -0.25) is 14.4 Å². The van der Waals surface area contributed by atoms with Crippen LogP contribution in [0.1, 0.15) is 37.8 Å². The van der Waals surface area contributed by atoms with Gasteiger partial charge in [-0.25, -0.2) is 5.48 Å². The first-order chi connectivity index (χ1) is 11.1. The fourth-order valence-electron chi connectivity index (χ4n) is 3.01. The monoisotopic (exact) mass is 320 g/mol. The molecule has 6 heteroatoms. The second-order valence-electron chi connectivity index (χ2n) is 5.64. The lowest BCUT2D eigenvalue weighted by atomic mass is 9.93. The number of methoxy groups -OCH3 is 1. The molecule has 6 nitrogen and oxygen atoms in total. The lowest BCUT2D eigenvalue weighted by molar-refractivity contribution is -0.136. The number of likely N-dealkylation sites (tertiary alicyclic amines) is 1. The zero-order valence-corrected chi connectivity index (χ0v) is 13.9. The number of nitrogens with one attached hydrogen (secondary N) is 1. The highest BCUT2D eigenvalue weighted by atomic mass is 16.6. The molecular formula is C17H24N2O4. The molecule has 2 atom stereocenters. The number of amides is 2. The van der Waals surface area contributed by atoms with Crippen LogP contribution < -0.4 is 10.2 Å². The minimum Gasteiger partial charge on any atom is -0.497 e. The van der Waals surface area contributed by atoms with Gasteiger partial charge in [0.25, 0.3) is 0 Å². The van der Waals surface area contributed by atoms with Crippen LogP contribution in [0.2, 0.25) is 0 Å². The minimum absolute atomic E-state index is 0.00974. The summed E-state index contributed by atoms with van der Waals surface area (Å²) in [5, 5.41) is 0. The maximum atomic E-state index is 12.4. The maximum Gasteiger partial charge on any atom is 0.249 e. The summed E-state index contributed by atoms with van der Waals surface area (Å²) in [6.45, 7) is 2.74. The molecule has 126 valence electrons. The van der Waals surface area contributed by atoms with Crippen molar-refractivity contribution in [3.05, 3.63) is 29.8 Å². The number of hydrogen-bond donors (Lipinski definition) is 1. The summed E-state index contributed by atoms with van der Waals surface area (Å²) in [4.78, 5) is 31.2. The molecule has 23 heavy (non-hydrogen) atoms. The van der Waals surface area contributed by atoms with Gasteiger partial charge < -0.3 is 9.64 Å². The van der Waals surface area contributed by atoms with Crippen molar-refractivity contribution in [3.8, 4) is 5.75 Å². The maximum absolute atomic E-state index is 12.4. The normalized spacial score (nSPS) is 20.7. The average Bonchev–Trinajstić information content (AvgIpc) is 2.90. The Kier molecular flexibility index (Phi) is 5.98. The highest BCUT2D eigenvalue weighted by Gasteiger charge is 2.44. The smallest absolute Gasteiger partial charge is 0.249 e. The van der Waals surface area contributed by atoms with Crippen molar-refractivity contribution >= 4 is 11.8 Å². The summed E-state index contributed by atoms with van der Waals surface area (Å²) in [5.41, 5.74) is 3.30. The Morgan fingerprint density at radius 3 is 2.57 bits per heavy atom. The highest BCUT2D eigenvalue weighted by Crippen LogP contribution is 2.39. The molecule has 0 radical (unpaired) electrons. The quantitative estimate of drug-likeness (QED) is 0.781. The first-order valence-corrected chi connectivity index (χ1v) is 7.88. The van der Waals surface area contributed by atoms with E-state index in [1.165, 1.54) is 7.11 Å². The van der Waals surface area contributed by atoms with Crippen molar-refractivity contribution in [1.29, 1.82) is 0 Å². The van der Waals surface area contributed by atoms with Gasteiger partial charge in [-0.05, 0) is 24.1 Å². The number of hydroxylamine groups is 1. The number of benzene rings is 1. The fourth-order valence-corrected chi connectivity index (χ4v) is 3.01. The van der Waals surface area contributed by atoms with Crippen LogP contribution in [0.5, 0.6) is 5.75 Å². The van der Waals surface area contributed by atoms with Crippen molar-refractivity contribution in [2.75, 3.05) is 20.8 Å². The van der Waals surface area contributed by atoms with Gasteiger partial charge in [0.15, 0.2) is 0 Å². The lowest BCUT2D eigenvalue weighted by Crippen LogP contribution is -2.35. The molecule has 1 aliphatic heterocycles. The van der Waals surface area contributed by atoms with Gasteiger partial charge in [0.2, 0.25) is 11.8 Å². The number of rotatable bonds is 7. The number of carbonyl (C=O) groups is 2. The number of ether oxygens (including phenoxy) is 1. The van der Waals surface area contributed by atoms with E-state index in [-0.39, 0.29) is 24.3 Å². The van der Waals surface area contributed by atoms with E-state index in [1.807, 2.05) is 29.2 Å². The molecule has 1 aromatic rings. The van der Waals surface area contributed by atoms with E-state index >= 15 is 0 Å². The second kappa shape index (κ2) is 7.97. The fraction of sp³-hybridized carbons (Fsp3) is 0.529. The Morgan fingerprint density at radius 2 is 2.00 bits per heavy atom. The van der Waals surface area contributed by atoms with Gasteiger partial charge in [-0.2, -0.15) is 0 Å². The van der Waals surface area contributed by atoms with E-state index in [0.717, 1.165) is 24.2 Å². The molecule has 0 aliphatic carbocycles. The molecule has 0 saturated carbocycles. The van der Waals surface area contributed by atoms with E-state index < -0.39 is 5.92 Å². The molecule has 1 saturated heterocycles. The Labute approximate surface area is 136 Å². The molecule has 0 bridgehead atoms. The summed E-state index contributed by atoms with van der Waals surface area (Å²) < 4.78 is 5.18. The van der Waals surface area contributed by atoms with E-state index in [1.54, 1.807) is 7.11 Å². The first kappa shape index (κ1) is 17.3. The Morgan fingerprint density at radius 1 is 1.30 bits per heavy atom. The molecule has 1 N–H and O–H groups in total. The zero-order chi connectivity index (χ0) is 16.8. The number of unbranched alkanes of at least 4 members (excludes halogenated alkanes) is 1. The largest absolute Gasteiger partial charge is 0.497 e. The summed E-state index contributed by atoms with van der Waals surface area (Å²) in [6, 6.07) is 7.25. The summed E-state index contributed by atoms with van der Waals surface area (Å²) in [7, 11) is 3.00. The Balaban J connectivity index is 2.31. The third-order valence-electron chi connectivity index (χ3n) is 4.18. The molecule has 2 amide bonds. The molecule has 0 spiro atoms. The van der Waals surface area contributed by atoms with Crippen LogP contribution in [0.25, 0.3) is 0 Å². The molecule has 1 heterocycles. The Bertz CT molecular complexity index is 544. The van der Waals surface area contributed by atoms with Gasteiger partial charge >= 0.3 is 0 Å². The van der Waals surface area contributed by atoms with Gasteiger partial charge in [-0.1, -0.05) is 25.5 Å². The van der Waals surface area contributed by atoms with Crippen LogP contribution in [0.3, 0.4) is 0 Å². The standard InChI is InChI=1S/C17H24N2O4/c1-4-5-10-19-15(20)11-14(17(21)18-23-3)16(19)12-6-8-13(22-2)9-7-12/h6-9,14,16H,4-5,10-11H2,1-3H3,(H,18,21). The third-order valence-corrected chi connectivity index (χ3v) is 4.18. The SMILES string of the molecule is CCCCN1C(=O)CC(C(=O)NOC)C1c1ccc(OC)cc1. The van der Waals surface area contributed by atoms with Gasteiger partial charge in [0.1, 0.15) is 5.75 Å². The average molecular weight is 320 g/mol. The van der Waals surface area contributed by atoms with E-state index in [0.29, 0.717) is 6.54 Å². The molecule has 1 aliphatic rings. The van der Waals surface area contributed by atoms with Gasteiger partial charge in [0, 0.05) is 13.0 Å². The molecule has 1 aromatic carbocycles. The van der Waals surface area contributed by atoms with Crippen LogP contribution in [0.4, 0.5) is 0 Å². The molecular weight excluding hydrogens is 296 g/mol. The predicted octanol–water partition coefficient (Wildman–Crippen LogP) is 2.06. The number of nitrogens with zero attached hydrogens (tertiary/aromatic N) is 1. The van der Waals surface area contributed by atoms with Crippen molar-refractivity contribution in [2.45, 2.75) is 32.2 Å². The summed E-state index contributed by atoms with van der Waals surface area (Å²) >= 11 is 0. The van der Waals surface area contributed by atoms with Crippen molar-refractivity contribution in [2.24, 2.45) is 5.92 Å². The topological polar surface area (TPSA) is 67.9 Å².